The van der Waals surface area contributed by atoms with Crippen molar-refractivity contribution < 1.29 is 5.11 Å². The summed E-state index contributed by atoms with van der Waals surface area (Å²) in [5.74, 6) is 0. The van der Waals surface area contributed by atoms with E-state index in [9.17, 15) is 5.11 Å². The quantitative estimate of drug-likeness (QED) is 0.835. The summed E-state index contributed by atoms with van der Waals surface area (Å²) in [5.41, 5.74) is 2.14. The number of aromatic nitrogens is 2. The molecule has 5 nitrogen and oxygen atoms in total. The lowest BCUT2D eigenvalue weighted by Gasteiger charge is -2.27. The zero-order valence-electron chi connectivity index (χ0n) is 14.3. The van der Waals surface area contributed by atoms with E-state index in [-0.39, 0.29) is 24.2 Å². The molecule has 0 amide bonds. The molecular weight excluding hydrogens is 320 g/mol. The van der Waals surface area contributed by atoms with Crippen LogP contribution in [-0.2, 0) is 5.54 Å². The summed E-state index contributed by atoms with van der Waals surface area (Å²) in [7, 11) is 0. The summed E-state index contributed by atoms with van der Waals surface area (Å²) in [4.78, 5) is 6.56. The second-order valence-electron chi connectivity index (χ2n) is 7.07. The lowest BCUT2D eigenvalue weighted by Crippen LogP contribution is -2.32. The average molecular weight is 344 g/mol. The predicted molar refractivity (Wildman–Crippen MR) is 98.7 cm³/mol. The number of nitrogens with one attached hydrogen (secondary N) is 1. The van der Waals surface area contributed by atoms with E-state index in [1.807, 2.05) is 18.2 Å². The molecule has 3 heterocycles. The molecule has 1 aliphatic rings. The Hall–Kier alpha value is -1.92. The minimum atomic E-state index is -0.0268. The monoisotopic (exact) mass is 344 g/mol. The van der Waals surface area contributed by atoms with Crippen LogP contribution in [0.2, 0.25) is 0 Å². The van der Waals surface area contributed by atoms with Gasteiger partial charge in [0, 0.05) is 30.7 Å². The van der Waals surface area contributed by atoms with Gasteiger partial charge in [0.2, 0.25) is 0 Å². The van der Waals surface area contributed by atoms with E-state index in [2.05, 4.69) is 59.0 Å². The van der Waals surface area contributed by atoms with E-state index in [4.69, 9.17) is 12.2 Å². The van der Waals surface area contributed by atoms with Gasteiger partial charge in [-0.2, -0.15) is 0 Å². The Balaban J connectivity index is 2.01. The van der Waals surface area contributed by atoms with Gasteiger partial charge >= 0.3 is 0 Å². The molecule has 0 spiro atoms. The molecule has 24 heavy (non-hydrogen) atoms. The van der Waals surface area contributed by atoms with Crippen LogP contribution in [0, 0.1) is 0 Å². The Labute approximate surface area is 148 Å². The van der Waals surface area contributed by atoms with Crippen LogP contribution < -0.4 is 5.32 Å². The van der Waals surface area contributed by atoms with Crippen LogP contribution in [0.1, 0.15) is 44.1 Å². The maximum absolute atomic E-state index is 9.45. The SMILES string of the molecule is CC(C)(C)n1ccc([C@@H]2[C@@H](c3ccccn3)NC(=S)N2CCO)c1. The van der Waals surface area contributed by atoms with Crippen molar-refractivity contribution in [3.8, 4) is 0 Å². The second kappa shape index (κ2) is 6.53. The van der Waals surface area contributed by atoms with Crippen LogP contribution in [0.25, 0.3) is 0 Å². The van der Waals surface area contributed by atoms with Gasteiger partial charge in [0.1, 0.15) is 0 Å². The van der Waals surface area contributed by atoms with Gasteiger partial charge in [0.05, 0.1) is 24.4 Å². The number of nitrogens with zero attached hydrogens (tertiary/aromatic N) is 3. The lowest BCUT2D eigenvalue weighted by molar-refractivity contribution is 0.223. The summed E-state index contributed by atoms with van der Waals surface area (Å²) in [5, 5.41) is 13.5. The molecule has 3 rings (SSSR count). The Bertz CT molecular complexity index is 707. The highest BCUT2D eigenvalue weighted by atomic mass is 32.1. The van der Waals surface area contributed by atoms with Gasteiger partial charge in [-0.15, -0.1) is 0 Å². The van der Waals surface area contributed by atoms with E-state index in [0.29, 0.717) is 11.7 Å². The Morgan fingerprint density at radius 3 is 2.67 bits per heavy atom. The summed E-state index contributed by atoms with van der Waals surface area (Å²) >= 11 is 5.51. The first-order valence-electron chi connectivity index (χ1n) is 8.19. The fraction of sp³-hybridized carbons (Fsp3) is 0.444. The van der Waals surface area contributed by atoms with Gasteiger partial charge in [-0.3, -0.25) is 4.98 Å². The molecule has 2 aromatic rings. The zero-order chi connectivity index (χ0) is 17.3. The maximum Gasteiger partial charge on any atom is 0.170 e. The van der Waals surface area contributed by atoms with Gasteiger partial charge in [-0.1, -0.05) is 6.07 Å². The second-order valence-corrected chi connectivity index (χ2v) is 7.45. The third-order valence-corrected chi connectivity index (χ3v) is 4.72. The molecular formula is C18H24N4OS. The maximum atomic E-state index is 9.45. The third kappa shape index (κ3) is 3.16. The van der Waals surface area contributed by atoms with E-state index >= 15 is 0 Å². The summed E-state index contributed by atoms with van der Waals surface area (Å²) in [6, 6.07) is 8.03. The fourth-order valence-electron chi connectivity index (χ4n) is 3.12. The molecule has 0 radical (unpaired) electrons. The van der Waals surface area contributed by atoms with Crippen molar-refractivity contribution in [2.24, 2.45) is 0 Å². The summed E-state index contributed by atoms with van der Waals surface area (Å²) < 4.78 is 2.20. The van der Waals surface area contributed by atoms with Crippen LogP contribution in [0.5, 0.6) is 0 Å². The molecule has 6 heteroatoms. The van der Waals surface area contributed by atoms with Gasteiger partial charge in [-0.25, -0.2) is 0 Å². The Kier molecular flexibility index (Phi) is 4.60. The first-order valence-corrected chi connectivity index (χ1v) is 8.60. The van der Waals surface area contributed by atoms with E-state index in [0.717, 1.165) is 5.69 Å². The summed E-state index contributed by atoms with van der Waals surface area (Å²) in [6.07, 6.45) is 6.07. The number of aliphatic hydroxyl groups excluding tert-OH is 1. The lowest BCUT2D eigenvalue weighted by atomic mass is 9.99. The number of thiocarbonyl (C=S) groups is 1. The molecule has 0 bridgehead atoms. The van der Waals surface area contributed by atoms with Crippen LogP contribution in [-0.4, -0.2) is 37.8 Å². The van der Waals surface area contributed by atoms with Crippen molar-refractivity contribution in [2.75, 3.05) is 13.2 Å². The van der Waals surface area contributed by atoms with Crippen molar-refractivity contribution in [3.05, 3.63) is 54.1 Å². The fourth-order valence-corrected chi connectivity index (χ4v) is 3.45. The standard InChI is InChI=1S/C18H24N4OS/c1-18(2,3)21-9-7-13(12-21)16-15(14-6-4-5-8-19-14)20-17(24)22(16)10-11-23/h4-9,12,15-16,23H,10-11H2,1-3H3,(H,20,24)/t15-,16-/m1/s1. The molecule has 2 aromatic heterocycles. The molecule has 0 aromatic carbocycles. The third-order valence-electron chi connectivity index (χ3n) is 4.37. The molecule has 2 N–H and O–H groups in total. The number of pyridine rings is 1. The topological polar surface area (TPSA) is 53.3 Å². The predicted octanol–water partition coefficient (Wildman–Crippen LogP) is 2.60. The highest BCUT2D eigenvalue weighted by Crippen LogP contribution is 2.38. The number of β-amino-alcohol motifs (C(OH)–C–C–N with tert-alkyl or cyclic N) is 1. The normalized spacial score (nSPS) is 21.2. The molecule has 1 fully saturated rings. The van der Waals surface area contributed by atoms with Crippen molar-refractivity contribution in [3.63, 3.8) is 0 Å². The van der Waals surface area contributed by atoms with E-state index < -0.39 is 0 Å². The minimum absolute atomic E-state index is 0.0168. The molecule has 128 valence electrons. The van der Waals surface area contributed by atoms with Gasteiger partial charge in [-0.05, 0) is 56.8 Å². The van der Waals surface area contributed by atoms with Gasteiger partial charge in [0.25, 0.3) is 0 Å². The smallest absolute Gasteiger partial charge is 0.170 e. The number of rotatable bonds is 4. The Morgan fingerprint density at radius 2 is 2.08 bits per heavy atom. The van der Waals surface area contributed by atoms with Crippen molar-refractivity contribution in [1.29, 1.82) is 0 Å². The van der Waals surface area contributed by atoms with E-state index in [1.165, 1.54) is 5.56 Å². The minimum Gasteiger partial charge on any atom is -0.395 e. The molecule has 1 saturated heterocycles. The zero-order valence-corrected chi connectivity index (χ0v) is 15.1. The number of aliphatic hydroxyl groups is 1. The van der Waals surface area contributed by atoms with Crippen LogP contribution in [0.3, 0.4) is 0 Å². The van der Waals surface area contributed by atoms with Crippen molar-refractivity contribution >= 4 is 17.3 Å². The summed E-state index contributed by atoms with van der Waals surface area (Å²) in [6.45, 7) is 7.09. The van der Waals surface area contributed by atoms with E-state index in [1.54, 1.807) is 6.20 Å². The van der Waals surface area contributed by atoms with Crippen LogP contribution in [0.4, 0.5) is 0 Å². The van der Waals surface area contributed by atoms with Crippen LogP contribution >= 0.6 is 12.2 Å². The number of hydrogen-bond acceptors (Lipinski definition) is 3. The van der Waals surface area contributed by atoms with Crippen molar-refractivity contribution in [2.45, 2.75) is 38.4 Å². The molecule has 2 atom stereocenters. The largest absolute Gasteiger partial charge is 0.395 e. The van der Waals surface area contributed by atoms with Crippen LogP contribution in [0.15, 0.2) is 42.9 Å². The number of hydrogen-bond donors (Lipinski definition) is 2. The molecule has 1 aliphatic heterocycles. The molecule has 0 unspecified atom stereocenters. The van der Waals surface area contributed by atoms with Crippen molar-refractivity contribution in [1.82, 2.24) is 19.8 Å². The Morgan fingerprint density at radius 1 is 1.29 bits per heavy atom. The average Bonchev–Trinajstić information content (AvgIpc) is 3.14. The van der Waals surface area contributed by atoms with Gasteiger partial charge < -0.3 is 19.9 Å². The first-order chi connectivity index (χ1) is 11.4. The van der Waals surface area contributed by atoms with Gasteiger partial charge in [0.15, 0.2) is 5.11 Å². The molecule has 0 saturated carbocycles. The molecule has 0 aliphatic carbocycles. The first kappa shape index (κ1) is 16.9. The highest BCUT2D eigenvalue weighted by Gasteiger charge is 2.39. The highest BCUT2D eigenvalue weighted by molar-refractivity contribution is 7.80.